The minimum Gasteiger partial charge on any atom is -0.364 e. The second kappa shape index (κ2) is 4.80. The number of nitrogens with one attached hydrogen (secondary N) is 1. The zero-order valence-corrected chi connectivity index (χ0v) is 9.24. The van der Waals surface area contributed by atoms with E-state index in [0.29, 0.717) is 22.9 Å². The van der Waals surface area contributed by atoms with Gasteiger partial charge in [-0.25, -0.2) is 4.98 Å². The van der Waals surface area contributed by atoms with E-state index in [1.807, 2.05) is 0 Å². The van der Waals surface area contributed by atoms with E-state index in [0.717, 1.165) is 6.54 Å². The Morgan fingerprint density at radius 2 is 2.20 bits per heavy atom. The number of hydrogen-bond acceptors (Lipinski definition) is 4. The van der Waals surface area contributed by atoms with E-state index >= 15 is 0 Å². The average Bonchev–Trinajstić information content (AvgIpc) is 2.62. The van der Waals surface area contributed by atoms with Gasteiger partial charge >= 0.3 is 6.18 Å². The van der Waals surface area contributed by atoms with E-state index in [4.69, 9.17) is 0 Å². The van der Waals surface area contributed by atoms with Crippen LogP contribution in [0.25, 0.3) is 0 Å². The van der Waals surface area contributed by atoms with Crippen LogP contribution in [0.4, 0.5) is 18.2 Å². The van der Waals surface area contributed by atoms with Gasteiger partial charge in [-0.15, -0.1) is 0 Å². The third-order valence-corrected chi connectivity index (χ3v) is 2.97. The first kappa shape index (κ1) is 12.3. The highest BCUT2D eigenvalue weighted by Crippen LogP contribution is 2.35. The van der Waals surface area contributed by atoms with E-state index in [-0.39, 0.29) is 0 Å². The Bertz CT molecular complexity index is 310. The summed E-state index contributed by atoms with van der Waals surface area (Å²) in [4.78, 5) is 5.09. The van der Waals surface area contributed by atoms with Crippen molar-refractivity contribution in [3.8, 4) is 0 Å². The van der Waals surface area contributed by atoms with E-state index in [1.165, 1.54) is 6.20 Å². The van der Waals surface area contributed by atoms with Crippen molar-refractivity contribution in [1.82, 2.24) is 10.3 Å². The lowest BCUT2D eigenvalue weighted by Crippen LogP contribution is -2.26. The van der Waals surface area contributed by atoms with Crippen LogP contribution in [0.15, 0.2) is 6.20 Å². The number of anilines is 1. The largest absolute Gasteiger partial charge is 0.443 e. The van der Waals surface area contributed by atoms with Crippen LogP contribution in [0.3, 0.4) is 0 Å². The molecule has 1 aromatic rings. The van der Waals surface area contributed by atoms with Crippen LogP contribution in [0.2, 0.25) is 0 Å². The molecule has 1 rings (SSSR count). The lowest BCUT2D eigenvalue weighted by Gasteiger charge is -2.15. The summed E-state index contributed by atoms with van der Waals surface area (Å²) in [5, 5.41) is 2.65. The first-order valence-electron chi connectivity index (χ1n) is 4.34. The molecule has 3 nitrogen and oxygen atoms in total. The third kappa shape index (κ3) is 3.35. The topological polar surface area (TPSA) is 28.2 Å². The van der Waals surface area contributed by atoms with Crippen LogP contribution in [0.1, 0.15) is 5.01 Å². The molecule has 0 spiro atoms. The van der Waals surface area contributed by atoms with Gasteiger partial charge in [-0.1, -0.05) is 11.3 Å². The molecule has 0 aliphatic rings. The van der Waals surface area contributed by atoms with Crippen molar-refractivity contribution >= 4 is 16.3 Å². The zero-order chi connectivity index (χ0) is 11.5. The minimum absolute atomic E-state index is 0.526. The molecule has 0 radical (unpaired) electrons. The van der Waals surface area contributed by atoms with Gasteiger partial charge < -0.3 is 10.2 Å². The first-order valence-corrected chi connectivity index (χ1v) is 5.15. The summed E-state index contributed by atoms with van der Waals surface area (Å²) in [6.45, 7) is 1.37. The predicted octanol–water partition coefficient (Wildman–Crippen LogP) is 1.82. The number of alkyl halides is 3. The summed E-state index contributed by atoms with van der Waals surface area (Å²) < 4.78 is 36.7. The molecule has 0 amide bonds. The summed E-state index contributed by atoms with van der Waals surface area (Å²) in [5.74, 6) is 0. The molecule has 1 heterocycles. The Morgan fingerprint density at radius 3 is 2.67 bits per heavy atom. The number of aromatic nitrogens is 1. The molecule has 0 saturated heterocycles. The average molecular weight is 239 g/mol. The lowest BCUT2D eigenvalue weighted by molar-refractivity contribution is -0.137. The van der Waals surface area contributed by atoms with Gasteiger partial charge in [0.15, 0.2) is 5.01 Å². The monoisotopic (exact) mass is 239 g/mol. The smallest absolute Gasteiger partial charge is 0.364 e. The maximum atomic E-state index is 12.2. The molecule has 0 aromatic carbocycles. The third-order valence-electron chi connectivity index (χ3n) is 1.81. The highest BCUT2D eigenvalue weighted by Gasteiger charge is 2.34. The van der Waals surface area contributed by atoms with Gasteiger partial charge in [0.25, 0.3) is 0 Å². The standard InChI is InChI=1S/C8H12F3N3S/c1-12-3-4-14(2)6-5-13-7(15-6)8(9,10)11/h5,12H,3-4H2,1-2H3. The molecule has 0 aliphatic carbocycles. The van der Waals surface area contributed by atoms with Crippen molar-refractivity contribution in [3.63, 3.8) is 0 Å². The number of rotatable bonds is 4. The molecule has 7 heteroatoms. The molecule has 0 bridgehead atoms. The van der Waals surface area contributed by atoms with Crippen LogP contribution < -0.4 is 10.2 Å². The van der Waals surface area contributed by atoms with Crippen LogP contribution in [-0.2, 0) is 6.18 Å². The predicted molar refractivity (Wildman–Crippen MR) is 54.3 cm³/mol. The molecular formula is C8H12F3N3S. The van der Waals surface area contributed by atoms with E-state index in [2.05, 4.69) is 10.3 Å². The van der Waals surface area contributed by atoms with Gasteiger partial charge in [0.2, 0.25) is 0 Å². The Kier molecular flexibility index (Phi) is 3.92. The lowest BCUT2D eigenvalue weighted by atomic mass is 10.5. The van der Waals surface area contributed by atoms with Crippen molar-refractivity contribution in [2.24, 2.45) is 0 Å². The molecule has 0 atom stereocenters. The second-order valence-corrected chi connectivity index (χ2v) is 4.04. The summed E-state index contributed by atoms with van der Waals surface area (Å²) in [6, 6.07) is 0. The highest BCUT2D eigenvalue weighted by molar-refractivity contribution is 7.15. The number of likely N-dealkylation sites (N-methyl/N-ethyl adjacent to an activating group) is 2. The fraction of sp³-hybridized carbons (Fsp3) is 0.625. The maximum absolute atomic E-state index is 12.2. The Labute approximate surface area is 89.9 Å². The maximum Gasteiger partial charge on any atom is 0.443 e. The molecule has 15 heavy (non-hydrogen) atoms. The number of halogens is 3. The van der Waals surface area contributed by atoms with Gasteiger partial charge in [0, 0.05) is 20.1 Å². The van der Waals surface area contributed by atoms with Crippen molar-refractivity contribution in [3.05, 3.63) is 11.2 Å². The van der Waals surface area contributed by atoms with Crippen molar-refractivity contribution < 1.29 is 13.2 Å². The van der Waals surface area contributed by atoms with Crippen LogP contribution in [-0.4, -0.2) is 32.2 Å². The van der Waals surface area contributed by atoms with E-state index in [1.54, 1.807) is 19.0 Å². The second-order valence-electron chi connectivity index (χ2n) is 3.03. The Hall–Kier alpha value is -0.820. The molecular weight excluding hydrogens is 227 g/mol. The van der Waals surface area contributed by atoms with E-state index in [9.17, 15) is 13.2 Å². The molecule has 0 saturated carbocycles. The number of nitrogens with zero attached hydrogens (tertiary/aromatic N) is 2. The minimum atomic E-state index is -4.34. The van der Waals surface area contributed by atoms with Gasteiger partial charge in [0.1, 0.15) is 5.00 Å². The SMILES string of the molecule is CNCCN(C)c1cnc(C(F)(F)F)s1. The van der Waals surface area contributed by atoms with Crippen molar-refractivity contribution in [1.29, 1.82) is 0 Å². The van der Waals surface area contributed by atoms with Crippen LogP contribution in [0.5, 0.6) is 0 Å². The van der Waals surface area contributed by atoms with Crippen molar-refractivity contribution in [2.45, 2.75) is 6.18 Å². The molecule has 1 N–H and O–H groups in total. The molecule has 0 unspecified atom stereocenters. The van der Waals surface area contributed by atoms with Crippen molar-refractivity contribution in [2.75, 3.05) is 32.1 Å². The highest BCUT2D eigenvalue weighted by atomic mass is 32.1. The fourth-order valence-corrected chi connectivity index (χ4v) is 1.73. The Morgan fingerprint density at radius 1 is 1.53 bits per heavy atom. The normalized spacial score (nSPS) is 11.8. The van der Waals surface area contributed by atoms with Crippen LogP contribution >= 0.6 is 11.3 Å². The van der Waals surface area contributed by atoms with Gasteiger partial charge in [-0.3, -0.25) is 0 Å². The van der Waals surface area contributed by atoms with Gasteiger partial charge in [0.05, 0.1) is 6.20 Å². The molecule has 0 aliphatic heterocycles. The molecule has 86 valence electrons. The van der Waals surface area contributed by atoms with Crippen LogP contribution in [0, 0.1) is 0 Å². The summed E-state index contributed by atoms with van der Waals surface area (Å²) >= 11 is 0.660. The van der Waals surface area contributed by atoms with Gasteiger partial charge in [-0.05, 0) is 7.05 Å². The van der Waals surface area contributed by atoms with Gasteiger partial charge in [-0.2, -0.15) is 13.2 Å². The summed E-state index contributed by atoms with van der Waals surface area (Å²) in [6.07, 6.45) is -3.09. The number of thiazole rings is 1. The zero-order valence-electron chi connectivity index (χ0n) is 8.43. The fourth-order valence-electron chi connectivity index (χ4n) is 0.963. The Balaban J connectivity index is 2.67. The number of hydrogen-bond donors (Lipinski definition) is 1. The quantitative estimate of drug-likeness (QED) is 0.868. The molecule has 0 fully saturated rings. The summed E-state index contributed by atoms with van der Waals surface area (Å²) in [7, 11) is 3.53. The summed E-state index contributed by atoms with van der Waals surface area (Å²) in [5.41, 5.74) is 0. The van der Waals surface area contributed by atoms with E-state index < -0.39 is 11.2 Å². The molecule has 1 aromatic heterocycles. The first-order chi connectivity index (χ1) is 6.95.